The zero-order valence-corrected chi connectivity index (χ0v) is 18.4. The van der Waals surface area contributed by atoms with Crippen molar-refractivity contribution in [1.29, 1.82) is 0 Å². The summed E-state index contributed by atoms with van der Waals surface area (Å²) in [6.07, 6.45) is 1.59. The van der Waals surface area contributed by atoms with Gasteiger partial charge in [0.1, 0.15) is 17.8 Å². The SMILES string of the molecule is COc1ccc(-c2nc(CSc3nc4ccccc4c(=O)n3-c3ccc(F)cc3)co2)cc1. The van der Waals surface area contributed by atoms with Crippen LogP contribution in [0.1, 0.15) is 5.69 Å². The molecule has 0 N–H and O–H groups in total. The van der Waals surface area contributed by atoms with Crippen LogP contribution in [0, 0.1) is 5.82 Å². The number of para-hydroxylation sites is 1. The Hall–Kier alpha value is -3.91. The standard InChI is InChI=1S/C25H18FN3O3S/c1-31-20-12-6-16(7-13-20)23-27-18(14-32-23)15-33-25-28-22-5-3-2-4-21(22)24(30)29(25)19-10-8-17(26)9-11-19/h2-14H,15H2,1H3. The third-order valence-electron chi connectivity index (χ3n) is 5.07. The number of oxazole rings is 1. The van der Waals surface area contributed by atoms with E-state index in [1.165, 1.54) is 28.5 Å². The van der Waals surface area contributed by atoms with Gasteiger partial charge in [0.2, 0.25) is 5.89 Å². The summed E-state index contributed by atoms with van der Waals surface area (Å²) in [5, 5.41) is 0.980. The van der Waals surface area contributed by atoms with Gasteiger partial charge in [0.15, 0.2) is 5.16 Å². The quantitative estimate of drug-likeness (QED) is 0.247. The lowest BCUT2D eigenvalue weighted by Crippen LogP contribution is -2.21. The van der Waals surface area contributed by atoms with Crippen molar-refractivity contribution in [2.75, 3.05) is 7.11 Å². The fraction of sp³-hybridized carbons (Fsp3) is 0.0800. The Morgan fingerprint density at radius 1 is 1.00 bits per heavy atom. The maximum absolute atomic E-state index is 13.5. The number of halogens is 1. The Morgan fingerprint density at radius 2 is 1.76 bits per heavy atom. The molecule has 8 heteroatoms. The van der Waals surface area contributed by atoms with Crippen molar-refractivity contribution in [2.24, 2.45) is 0 Å². The Bertz CT molecular complexity index is 1480. The maximum Gasteiger partial charge on any atom is 0.266 e. The predicted molar refractivity (Wildman–Crippen MR) is 125 cm³/mol. The molecule has 0 aliphatic carbocycles. The van der Waals surface area contributed by atoms with Gasteiger partial charge in [-0.25, -0.2) is 14.4 Å². The van der Waals surface area contributed by atoms with E-state index in [1.54, 1.807) is 43.7 Å². The minimum Gasteiger partial charge on any atom is -0.497 e. The first kappa shape index (κ1) is 21.0. The van der Waals surface area contributed by atoms with Crippen molar-refractivity contribution >= 4 is 22.7 Å². The fourth-order valence-electron chi connectivity index (χ4n) is 3.40. The van der Waals surface area contributed by atoms with E-state index in [1.807, 2.05) is 30.3 Å². The Balaban J connectivity index is 1.47. The summed E-state index contributed by atoms with van der Waals surface area (Å²) in [5.74, 6) is 1.31. The lowest BCUT2D eigenvalue weighted by atomic mass is 10.2. The number of aromatic nitrogens is 3. The van der Waals surface area contributed by atoms with Crippen molar-refractivity contribution < 1.29 is 13.5 Å². The van der Waals surface area contributed by atoms with Crippen LogP contribution in [0.5, 0.6) is 5.75 Å². The minimum absolute atomic E-state index is 0.214. The number of rotatable bonds is 6. The summed E-state index contributed by atoms with van der Waals surface area (Å²) in [5.41, 5.74) is 2.47. The molecule has 0 fully saturated rings. The first-order valence-corrected chi connectivity index (χ1v) is 11.1. The van der Waals surface area contributed by atoms with Crippen LogP contribution in [0.2, 0.25) is 0 Å². The van der Waals surface area contributed by atoms with Gasteiger partial charge < -0.3 is 9.15 Å². The van der Waals surface area contributed by atoms with Gasteiger partial charge in [-0.05, 0) is 60.7 Å². The smallest absolute Gasteiger partial charge is 0.266 e. The average Bonchev–Trinajstić information content (AvgIpc) is 3.33. The molecule has 33 heavy (non-hydrogen) atoms. The van der Waals surface area contributed by atoms with E-state index in [9.17, 15) is 9.18 Å². The zero-order chi connectivity index (χ0) is 22.8. The maximum atomic E-state index is 13.5. The molecule has 0 aliphatic heterocycles. The van der Waals surface area contributed by atoms with Gasteiger partial charge in [-0.3, -0.25) is 9.36 Å². The van der Waals surface area contributed by atoms with Gasteiger partial charge in [0, 0.05) is 11.3 Å². The normalized spacial score (nSPS) is 11.1. The summed E-state index contributed by atoms with van der Waals surface area (Å²) >= 11 is 1.36. The number of fused-ring (bicyclic) bond motifs is 1. The van der Waals surface area contributed by atoms with E-state index in [-0.39, 0.29) is 11.4 Å². The Kier molecular flexibility index (Phi) is 5.66. The highest BCUT2D eigenvalue weighted by atomic mass is 32.2. The number of methoxy groups -OCH3 is 1. The molecule has 3 aromatic carbocycles. The van der Waals surface area contributed by atoms with E-state index >= 15 is 0 Å². The van der Waals surface area contributed by atoms with Crippen molar-refractivity contribution in [3.8, 4) is 22.9 Å². The topological polar surface area (TPSA) is 70.2 Å². The van der Waals surface area contributed by atoms with E-state index in [2.05, 4.69) is 4.98 Å². The molecule has 5 rings (SSSR count). The molecular weight excluding hydrogens is 441 g/mol. The van der Waals surface area contributed by atoms with E-state index < -0.39 is 0 Å². The Morgan fingerprint density at radius 3 is 2.52 bits per heavy atom. The molecule has 0 bridgehead atoms. The third kappa shape index (κ3) is 4.25. The van der Waals surface area contributed by atoms with Crippen molar-refractivity contribution in [3.05, 3.63) is 101 Å². The van der Waals surface area contributed by atoms with E-state index in [4.69, 9.17) is 14.1 Å². The first-order chi connectivity index (χ1) is 16.1. The predicted octanol–water partition coefficient (Wildman–Crippen LogP) is 5.48. The number of benzene rings is 3. The molecule has 0 radical (unpaired) electrons. The van der Waals surface area contributed by atoms with Crippen LogP contribution in [-0.2, 0) is 5.75 Å². The van der Waals surface area contributed by atoms with Gasteiger partial charge in [-0.15, -0.1) is 0 Å². The van der Waals surface area contributed by atoms with Gasteiger partial charge in [0.25, 0.3) is 5.56 Å². The van der Waals surface area contributed by atoms with Gasteiger partial charge in [-0.1, -0.05) is 23.9 Å². The molecule has 0 unspecified atom stereocenters. The van der Waals surface area contributed by atoms with E-state index in [0.29, 0.717) is 39.1 Å². The molecule has 0 amide bonds. The van der Waals surface area contributed by atoms with Crippen molar-refractivity contribution in [2.45, 2.75) is 10.9 Å². The van der Waals surface area contributed by atoms with Crippen LogP contribution in [0.3, 0.4) is 0 Å². The van der Waals surface area contributed by atoms with Crippen molar-refractivity contribution in [1.82, 2.24) is 14.5 Å². The molecule has 5 aromatic rings. The first-order valence-electron chi connectivity index (χ1n) is 10.1. The largest absolute Gasteiger partial charge is 0.497 e. The monoisotopic (exact) mass is 459 g/mol. The second-order valence-corrected chi connectivity index (χ2v) is 8.13. The van der Waals surface area contributed by atoms with Gasteiger partial charge >= 0.3 is 0 Å². The zero-order valence-electron chi connectivity index (χ0n) is 17.6. The third-order valence-corrected chi connectivity index (χ3v) is 6.04. The summed E-state index contributed by atoms with van der Waals surface area (Å²) in [6, 6.07) is 20.4. The number of thioether (sulfide) groups is 1. The fourth-order valence-corrected chi connectivity index (χ4v) is 4.29. The molecule has 0 saturated heterocycles. The molecule has 0 spiro atoms. The second kappa shape index (κ2) is 8.91. The summed E-state index contributed by atoms with van der Waals surface area (Å²) in [4.78, 5) is 22.5. The van der Waals surface area contributed by atoms with Gasteiger partial charge in [-0.2, -0.15) is 0 Å². The van der Waals surface area contributed by atoms with Crippen LogP contribution < -0.4 is 10.3 Å². The highest BCUT2D eigenvalue weighted by Gasteiger charge is 2.15. The van der Waals surface area contributed by atoms with Crippen LogP contribution in [0.15, 0.2) is 93.4 Å². The van der Waals surface area contributed by atoms with Gasteiger partial charge in [0.05, 0.1) is 29.4 Å². The summed E-state index contributed by atoms with van der Waals surface area (Å²) in [7, 11) is 1.61. The lowest BCUT2D eigenvalue weighted by molar-refractivity contribution is 0.415. The number of hydrogen-bond acceptors (Lipinski definition) is 6. The Labute approximate surface area is 192 Å². The molecule has 164 valence electrons. The second-order valence-electron chi connectivity index (χ2n) is 7.19. The molecule has 0 saturated carbocycles. The molecular formula is C25H18FN3O3S. The number of ether oxygens (including phenoxy) is 1. The molecule has 0 aliphatic rings. The number of hydrogen-bond donors (Lipinski definition) is 0. The van der Waals surface area contributed by atoms with Crippen molar-refractivity contribution in [3.63, 3.8) is 0 Å². The number of nitrogens with zero attached hydrogens (tertiary/aromatic N) is 3. The molecule has 2 aromatic heterocycles. The highest BCUT2D eigenvalue weighted by molar-refractivity contribution is 7.98. The molecule has 6 nitrogen and oxygen atoms in total. The highest BCUT2D eigenvalue weighted by Crippen LogP contribution is 2.27. The van der Waals surface area contributed by atoms with Crippen LogP contribution >= 0.6 is 11.8 Å². The van der Waals surface area contributed by atoms with Crippen LogP contribution in [0.4, 0.5) is 4.39 Å². The molecule has 0 atom stereocenters. The average molecular weight is 460 g/mol. The molecule has 2 heterocycles. The van der Waals surface area contributed by atoms with E-state index in [0.717, 1.165) is 11.3 Å². The van der Waals surface area contributed by atoms with Crippen LogP contribution in [0.25, 0.3) is 28.0 Å². The summed E-state index contributed by atoms with van der Waals surface area (Å²) < 4.78 is 25.8. The summed E-state index contributed by atoms with van der Waals surface area (Å²) in [6.45, 7) is 0. The van der Waals surface area contributed by atoms with Crippen LogP contribution in [-0.4, -0.2) is 21.6 Å². The lowest BCUT2D eigenvalue weighted by Gasteiger charge is -2.12. The minimum atomic E-state index is -0.372.